The SMILES string of the molecule is FC(F)(F)C(F)(F)c1ccccc1I. The van der Waals surface area contributed by atoms with Crippen molar-refractivity contribution < 1.29 is 22.0 Å². The molecule has 1 aromatic carbocycles. The number of benzene rings is 1. The van der Waals surface area contributed by atoms with Gasteiger partial charge in [0.2, 0.25) is 0 Å². The summed E-state index contributed by atoms with van der Waals surface area (Å²) >= 11 is 1.45. The first-order valence-electron chi connectivity index (χ1n) is 3.46. The van der Waals surface area contributed by atoms with E-state index in [0.29, 0.717) is 0 Å². The first-order valence-corrected chi connectivity index (χ1v) is 4.54. The highest BCUT2D eigenvalue weighted by atomic mass is 127. The van der Waals surface area contributed by atoms with E-state index >= 15 is 0 Å². The number of hydrogen-bond acceptors (Lipinski definition) is 0. The van der Waals surface area contributed by atoms with Crippen molar-refractivity contribution in [3.63, 3.8) is 0 Å². The highest BCUT2D eigenvalue weighted by Crippen LogP contribution is 2.45. The summed E-state index contributed by atoms with van der Waals surface area (Å²) < 4.78 is 61.3. The Bertz CT molecular complexity index is 331. The normalized spacial score (nSPS) is 13.0. The summed E-state index contributed by atoms with van der Waals surface area (Å²) in [6.07, 6.45) is -5.55. The Balaban J connectivity index is 3.23. The Hall–Kier alpha value is -0.400. The molecule has 0 heterocycles. The molecule has 14 heavy (non-hydrogen) atoms. The molecule has 0 N–H and O–H groups in total. The minimum absolute atomic E-state index is 0.104. The molecule has 0 bridgehead atoms. The van der Waals surface area contributed by atoms with E-state index < -0.39 is 17.7 Å². The van der Waals surface area contributed by atoms with E-state index in [-0.39, 0.29) is 3.57 Å². The molecule has 0 aliphatic heterocycles. The maximum Gasteiger partial charge on any atom is 0.458 e. The minimum atomic E-state index is -5.55. The Labute approximate surface area is 90.3 Å². The van der Waals surface area contributed by atoms with E-state index in [4.69, 9.17) is 0 Å². The van der Waals surface area contributed by atoms with E-state index in [0.717, 1.165) is 12.1 Å². The maximum absolute atomic E-state index is 12.8. The summed E-state index contributed by atoms with van der Waals surface area (Å²) in [6, 6.07) is 4.53. The van der Waals surface area contributed by atoms with Gasteiger partial charge in [0.05, 0.1) is 0 Å². The Morgan fingerprint density at radius 1 is 0.929 bits per heavy atom. The number of hydrogen-bond donors (Lipinski definition) is 0. The molecule has 0 aliphatic rings. The van der Waals surface area contributed by atoms with Gasteiger partial charge in [0.15, 0.2) is 0 Å². The van der Waals surface area contributed by atoms with Crippen molar-refractivity contribution in [1.29, 1.82) is 0 Å². The summed E-state index contributed by atoms with van der Waals surface area (Å²) in [5.74, 6) is -4.79. The van der Waals surface area contributed by atoms with Gasteiger partial charge in [-0.15, -0.1) is 0 Å². The summed E-state index contributed by atoms with van der Waals surface area (Å²) in [6.45, 7) is 0. The smallest absolute Gasteiger partial charge is 0.191 e. The van der Waals surface area contributed by atoms with Crippen molar-refractivity contribution in [2.45, 2.75) is 12.1 Å². The van der Waals surface area contributed by atoms with Crippen molar-refractivity contribution in [2.75, 3.05) is 0 Å². The summed E-state index contributed by atoms with van der Waals surface area (Å²) in [5.41, 5.74) is -1.01. The predicted octanol–water partition coefficient (Wildman–Crippen LogP) is 3.95. The Kier molecular flexibility index (Phi) is 3.03. The standard InChI is InChI=1S/C8H4F5I/c9-7(10,8(11,12)13)5-3-1-2-4-6(5)14/h1-4H. The molecule has 0 saturated carbocycles. The van der Waals surface area contributed by atoms with Crippen LogP contribution in [0.3, 0.4) is 0 Å². The van der Waals surface area contributed by atoms with Crippen LogP contribution in [0.1, 0.15) is 5.56 Å². The fourth-order valence-corrected chi connectivity index (χ4v) is 1.59. The molecule has 0 spiro atoms. The van der Waals surface area contributed by atoms with Gasteiger partial charge in [0.25, 0.3) is 0 Å². The molecule has 0 unspecified atom stereocenters. The third kappa shape index (κ3) is 1.99. The molecule has 0 aliphatic carbocycles. The van der Waals surface area contributed by atoms with Gasteiger partial charge in [-0.3, -0.25) is 0 Å². The quantitative estimate of drug-likeness (QED) is 0.543. The predicted molar refractivity (Wildman–Crippen MR) is 49.1 cm³/mol. The number of alkyl halides is 5. The highest BCUT2D eigenvalue weighted by Gasteiger charge is 2.59. The zero-order valence-electron chi connectivity index (χ0n) is 6.58. The first-order chi connectivity index (χ1) is 6.27. The molecule has 0 amide bonds. The second-order valence-corrected chi connectivity index (χ2v) is 3.71. The van der Waals surface area contributed by atoms with Crippen LogP contribution in [0.25, 0.3) is 0 Å². The first kappa shape index (κ1) is 11.7. The number of rotatable bonds is 1. The lowest BCUT2D eigenvalue weighted by Crippen LogP contribution is -2.34. The van der Waals surface area contributed by atoms with Gasteiger partial charge in [0, 0.05) is 9.13 Å². The Morgan fingerprint density at radius 3 is 1.86 bits per heavy atom. The molecule has 1 aromatic rings. The van der Waals surface area contributed by atoms with Crippen LogP contribution in [-0.2, 0) is 5.92 Å². The summed E-state index contributed by atoms with van der Waals surface area (Å²) in [7, 11) is 0. The Morgan fingerprint density at radius 2 is 1.43 bits per heavy atom. The second kappa shape index (κ2) is 3.63. The maximum atomic E-state index is 12.8. The van der Waals surface area contributed by atoms with E-state index in [1.165, 1.54) is 34.7 Å². The van der Waals surface area contributed by atoms with Gasteiger partial charge in [-0.25, -0.2) is 0 Å². The minimum Gasteiger partial charge on any atom is -0.191 e. The van der Waals surface area contributed by atoms with Crippen LogP contribution in [0, 0.1) is 3.57 Å². The van der Waals surface area contributed by atoms with Crippen molar-refractivity contribution in [3.05, 3.63) is 33.4 Å². The summed E-state index contributed by atoms with van der Waals surface area (Å²) in [4.78, 5) is 0. The lowest BCUT2D eigenvalue weighted by atomic mass is 10.1. The highest BCUT2D eigenvalue weighted by molar-refractivity contribution is 14.1. The molecule has 78 valence electrons. The van der Waals surface area contributed by atoms with E-state index in [1.807, 2.05) is 0 Å². The van der Waals surface area contributed by atoms with Crippen LogP contribution in [0.4, 0.5) is 22.0 Å². The molecule has 0 fully saturated rings. The van der Waals surface area contributed by atoms with Crippen LogP contribution >= 0.6 is 22.6 Å². The van der Waals surface area contributed by atoms with Gasteiger partial charge >= 0.3 is 12.1 Å². The lowest BCUT2D eigenvalue weighted by Gasteiger charge is -2.20. The largest absolute Gasteiger partial charge is 0.458 e. The van der Waals surface area contributed by atoms with E-state index in [2.05, 4.69) is 0 Å². The van der Waals surface area contributed by atoms with Gasteiger partial charge in [0.1, 0.15) is 0 Å². The fourth-order valence-electron chi connectivity index (χ4n) is 0.869. The average Bonchev–Trinajstić information content (AvgIpc) is 2.02. The van der Waals surface area contributed by atoms with Gasteiger partial charge < -0.3 is 0 Å². The molecule has 6 heteroatoms. The molecular formula is C8H4F5I. The molecule has 0 aromatic heterocycles. The number of halogens is 6. The van der Waals surface area contributed by atoms with E-state index in [9.17, 15) is 22.0 Å². The second-order valence-electron chi connectivity index (χ2n) is 2.55. The lowest BCUT2D eigenvalue weighted by molar-refractivity contribution is -0.289. The molecule has 0 atom stereocenters. The average molecular weight is 322 g/mol. The van der Waals surface area contributed by atoms with Crippen LogP contribution in [0.5, 0.6) is 0 Å². The van der Waals surface area contributed by atoms with Crippen LogP contribution < -0.4 is 0 Å². The topological polar surface area (TPSA) is 0 Å². The molecule has 0 radical (unpaired) electrons. The summed E-state index contributed by atoms with van der Waals surface area (Å²) in [5, 5.41) is 0. The van der Waals surface area contributed by atoms with Crippen molar-refractivity contribution in [1.82, 2.24) is 0 Å². The fraction of sp³-hybridized carbons (Fsp3) is 0.250. The van der Waals surface area contributed by atoms with Gasteiger partial charge in [-0.05, 0) is 28.7 Å². The zero-order valence-corrected chi connectivity index (χ0v) is 8.73. The van der Waals surface area contributed by atoms with Crippen LogP contribution in [0.2, 0.25) is 0 Å². The van der Waals surface area contributed by atoms with Crippen molar-refractivity contribution >= 4 is 22.6 Å². The molecule has 0 saturated heterocycles. The van der Waals surface area contributed by atoms with Gasteiger partial charge in [-0.2, -0.15) is 22.0 Å². The van der Waals surface area contributed by atoms with Crippen molar-refractivity contribution in [2.24, 2.45) is 0 Å². The third-order valence-electron chi connectivity index (χ3n) is 1.57. The van der Waals surface area contributed by atoms with Crippen LogP contribution in [0.15, 0.2) is 24.3 Å². The van der Waals surface area contributed by atoms with Crippen molar-refractivity contribution in [3.8, 4) is 0 Å². The third-order valence-corrected chi connectivity index (χ3v) is 2.51. The molecule has 1 rings (SSSR count). The zero-order chi connectivity index (χ0) is 11.0. The molecule has 0 nitrogen and oxygen atoms in total. The van der Waals surface area contributed by atoms with Gasteiger partial charge in [-0.1, -0.05) is 18.2 Å². The van der Waals surface area contributed by atoms with E-state index in [1.54, 1.807) is 0 Å². The van der Waals surface area contributed by atoms with Crippen LogP contribution in [-0.4, -0.2) is 6.18 Å². The monoisotopic (exact) mass is 322 g/mol. The molecular weight excluding hydrogens is 318 g/mol.